The van der Waals surface area contributed by atoms with E-state index in [1.807, 2.05) is 36.4 Å². The molecule has 0 saturated heterocycles. The molecule has 8 heteroatoms. The predicted octanol–water partition coefficient (Wildman–Crippen LogP) is 4.65. The first-order chi connectivity index (χ1) is 14.3. The van der Waals surface area contributed by atoms with Gasteiger partial charge in [-0.1, -0.05) is 28.9 Å². The zero-order valence-electron chi connectivity index (χ0n) is 15.4. The summed E-state index contributed by atoms with van der Waals surface area (Å²) in [6.07, 6.45) is 6.85. The molecule has 6 rings (SSSR count). The van der Waals surface area contributed by atoms with Crippen molar-refractivity contribution in [2.24, 2.45) is 0 Å². The molecule has 0 bridgehead atoms. The summed E-state index contributed by atoms with van der Waals surface area (Å²) in [6.45, 7) is 0. The normalized spacial score (nSPS) is 20.7. The Labute approximate surface area is 171 Å². The Morgan fingerprint density at radius 3 is 2.66 bits per heavy atom. The highest BCUT2D eigenvalue weighted by molar-refractivity contribution is 6.30. The van der Waals surface area contributed by atoms with Crippen LogP contribution in [0.5, 0.6) is 0 Å². The van der Waals surface area contributed by atoms with Crippen LogP contribution >= 0.6 is 11.6 Å². The minimum atomic E-state index is 0.183. The van der Waals surface area contributed by atoms with Gasteiger partial charge < -0.3 is 9.09 Å². The fourth-order valence-corrected chi connectivity index (χ4v) is 4.02. The average molecular weight is 405 g/mol. The van der Waals surface area contributed by atoms with Crippen molar-refractivity contribution >= 4 is 11.6 Å². The third kappa shape index (κ3) is 3.02. The molecule has 4 aromatic rings. The van der Waals surface area contributed by atoms with Crippen LogP contribution in [0.25, 0.3) is 22.8 Å². The van der Waals surface area contributed by atoms with Crippen molar-refractivity contribution in [2.45, 2.75) is 37.1 Å². The van der Waals surface area contributed by atoms with Gasteiger partial charge in [-0.05, 0) is 43.5 Å². The summed E-state index contributed by atoms with van der Waals surface area (Å²) in [7, 11) is 0. The lowest BCUT2D eigenvalue weighted by atomic mass is 10.2. The predicted molar refractivity (Wildman–Crippen MR) is 106 cm³/mol. The van der Waals surface area contributed by atoms with Crippen LogP contribution in [-0.2, 0) is 0 Å². The Morgan fingerprint density at radius 1 is 1.00 bits per heavy atom. The van der Waals surface area contributed by atoms with Crippen LogP contribution in [0.2, 0.25) is 5.02 Å². The van der Waals surface area contributed by atoms with Gasteiger partial charge in [-0.2, -0.15) is 4.98 Å². The Morgan fingerprint density at radius 2 is 1.86 bits per heavy atom. The molecule has 3 aromatic heterocycles. The molecule has 0 radical (unpaired) electrons. The SMILES string of the molecule is Clc1cccc(-c2noc([C@H]3C[C@H]3c3nnc(-c4ccncc4)n3C3CC3)n2)c1. The number of rotatable bonds is 5. The zero-order chi connectivity index (χ0) is 19.4. The minimum Gasteiger partial charge on any atom is -0.339 e. The topological polar surface area (TPSA) is 82.5 Å². The van der Waals surface area contributed by atoms with Gasteiger partial charge in [0, 0.05) is 46.4 Å². The van der Waals surface area contributed by atoms with Gasteiger partial charge in [0.25, 0.3) is 0 Å². The summed E-state index contributed by atoms with van der Waals surface area (Å²) < 4.78 is 7.87. The lowest BCUT2D eigenvalue weighted by molar-refractivity contribution is 0.378. The highest BCUT2D eigenvalue weighted by atomic mass is 35.5. The molecule has 7 nitrogen and oxygen atoms in total. The molecule has 144 valence electrons. The van der Waals surface area contributed by atoms with Crippen molar-refractivity contribution in [3.05, 3.63) is 65.5 Å². The van der Waals surface area contributed by atoms with E-state index >= 15 is 0 Å². The molecule has 0 spiro atoms. The van der Waals surface area contributed by atoms with Gasteiger partial charge in [0.05, 0.1) is 0 Å². The smallest absolute Gasteiger partial charge is 0.230 e. The van der Waals surface area contributed by atoms with E-state index in [0.717, 1.165) is 29.2 Å². The quantitative estimate of drug-likeness (QED) is 0.481. The van der Waals surface area contributed by atoms with Crippen LogP contribution in [0, 0.1) is 0 Å². The first-order valence-electron chi connectivity index (χ1n) is 9.72. The summed E-state index contributed by atoms with van der Waals surface area (Å²) in [5.74, 6) is 3.59. The summed E-state index contributed by atoms with van der Waals surface area (Å²) in [5.41, 5.74) is 1.90. The first kappa shape index (κ1) is 16.9. The second kappa shape index (κ2) is 6.49. The highest BCUT2D eigenvalue weighted by Crippen LogP contribution is 2.55. The van der Waals surface area contributed by atoms with Gasteiger partial charge in [0.15, 0.2) is 5.82 Å². The van der Waals surface area contributed by atoms with Crippen LogP contribution in [0.3, 0.4) is 0 Å². The van der Waals surface area contributed by atoms with Crippen LogP contribution in [0.15, 0.2) is 53.3 Å². The maximum Gasteiger partial charge on any atom is 0.230 e. The van der Waals surface area contributed by atoms with E-state index in [0.29, 0.717) is 22.8 Å². The standard InChI is InChI=1S/C21H17ClN6O/c22-14-3-1-2-13(10-14)18-24-21(29-27-18)17-11-16(17)20-26-25-19(28(20)15-4-5-15)12-6-8-23-9-7-12/h1-3,6-10,15-17H,4-5,11H2/t16-,17+/m1/s1. The van der Waals surface area contributed by atoms with Gasteiger partial charge in [-0.3, -0.25) is 4.98 Å². The van der Waals surface area contributed by atoms with Crippen molar-refractivity contribution in [1.82, 2.24) is 29.9 Å². The van der Waals surface area contributed by atoms with Gasteiger partial charge >= 0.3 is 0 Å². The zero-order valence-corrected chi connectivity index (χ0v) is 16.2. The van der Waals surface area contributed by atoms with Gasteiger partial charge in [0.2, 0.25) is 11.7 Å². The van der Waals surface area contributed by atoms with Crippen LogP contribution in [-0.4, -0.2) is 29.9 Å². The Bertz CT molecular complexity index is 1180. The van der Waals surface area contributed by atoms with E-state index in [2.05, 4.69) is 29.9 Å². The first-order valence-corrected chi connectivity index (χ1v) is 10.1. The molecule has 2 aliphatic rings. The number of halogens is 1. The number of benzene rings is 1. The van der Waals surface area contributed by atoms with E-state index in [-0.39, 0.29) is 11.8 Å². The Kier molecular flexibility index (Phi) is 3.77. The van der Waals surface area contributed by atoms with E-state index in [1.165, 1.54) is 12.8 Å². The maximum atomic E-state index is 6.08. The molecule has 2 saturated carbocycles. The van der Waals surface area contributed by atoms with E-state index < -0.39 is 0 Å². The Hall–Kier alpha value is -3.06. The number of pyridine rings is 1. The highest BCUT2D eigenvalue weighted by Gasteiger charge is 2.48. The van der Waals surface area contributed by atoms with Crippen LogP contribution in [0.1, 0.15) is 48.9 Å². The fourth-order valence-electron chi connectivity index (χ4n) is 3.83. The largest absolute Gasteiger partial charge is 0.339 e. The minimum absolute atomic E-state index is 0.183. The van der Waals surface area contributed by atoms with E-state index in [9.17, 15) is 0 Å². The summed E-state index contributed by atoms with van der Waals surface area (Å²) in [5, 5.41) is 13.9. The van der Waals surface area contributed by atoms with E-state index in [1.54, 1.807) is 12.4 Å². The number of nitrogens with zero attached hydrogens (tertiary/aromatic N) is 6. The van der Waals surface area contributed by atoms with Crippen molar-refractivity contribution in [2.75, 3.05) is 0 Å². The molecule has 2 atom stereocenters. The van der Waals surface area contributed by atoms with Crippen molar-refractivity contribution < 1.29 is 4.52 Å². The molecule has 2 aliphatic carbocycles. The lowest BCUT2D eigenvalue weighted by Gasteiger charge is -2.08. The summed E-state index contributed by atoms with van der Waals surface area (Å²) >= 11 is 6.08. The number of hydrogen-bond donors (Lipinski definition) is 0. The summed E-state index contributed by atoms with van der Waals surface area (Å²) in [6, 6.07) is 11.9. The van der Waals surface area contributed by atoms with Crippen molar-refractivity contribution in [3.63, 3.8) is 0 Å². The average Bonchev–Trinajstić information content (AvgIpc) is 3.66. The molecule has 0 unspecified atom stereocenters. The second-order valence-electron chi connectivity index (χ2n) is 7.63. The third-order valence-electron chi connectivity index (χ3n) is 5.54. The van der Waals surface area contributed by atoms with Gasteiger partial charge in [0.1, 0.15) is 5.82 Å². The fraction of sp³-hybridized carbons (Fsp3) is 0.286. The van der Waals surface area contributed by atoms with Crippen LogP contribution < -0.4 is 0 Å². The Balaban J connectivity index is 1.29. The monoisotopic (exact) mass is 404 g/mol. The lowest BCUT2D eigenvalue weighted by Crippen LogP contribution is -2.03. The van der Waals surface area contributed by atoms with Gasteiger partial charge in [-0.15, -0.1) is 10.2 Å². The molecular formula is C21H17ClN6O. The molecule has 29 heavy (non-hydrogen) atoms. The molecule has 2 fully saturated rings. The molecule has 0 N–H and O–H groups in total. The maximum absolute atomic E-state index is 6.08. The number of hydrogen-bond acceptors (Lipinski definition) is 6. The van der Waals surface area contributed by atoms with Crippen molar-refractivity contribution in [1.29, 1.82) is 0 Å². The molecule has 3 heterocycles. The summed E-state index contributed by atoms with van der Waals surface area (Å²) in [4.78, 5) is 8.72. The van der Waals surface area contributed by atoms with Crippen molar-refractivity contribution in [3.8, 4) is 22.8 Å². The molecule has 1 aromatic carbocycles. The second-order valence-corrected chi connectivity index (χ2v) is 8.07. The molecular weight excluding hydrogens is 388 g/mol. The van der Waals surface area contributed by atoms with Crippen LogP contribution in [0.4, 0.5) is 0 Å². The van der Waals surface area contributed by atoms with Gasteiger partial charge in [-0.25, -0.2) is 0 Å². The number of aromatic nitrogens is 6. The molecule has 0 amide bonds. The third-order valence-corrected chi connectivity index (χ3v) is 5.77. The molecule has 0 aliphatic heterocycles. The van der Waals surface area contributed by atoms with E-state index in [4.69, 9.17) is 16.1 Å².